The van der Waals surface area contributed by atoms with Crippen LogP contribution in [-0.4, -0.2) is 31.3 Å². The molecule has 3 rings (SSSR count). The smallest absolute Gasteiger partial charge is 0.271 e. The predicted octanol–water partition coefficient (Wildman–Crippen LogP) is 3.64. The van der Waals surface area contributed by atoms with Crippen molar-refractivity contribution in [2.45, 2.75) is 0 Å². The number of nitro groups is 1. The van der Waals surface area contributed by atoms with Gasteiger partial charge in [-0.25, -0.2) is 5.43 Å². The van der Waals surface area contributed by atoms with Crippen molar-refractivity contribution in [2.75, 3.05) is 14.2 Å². The Balaban J connectivity index is 1.67. The van der Waals surface area contributed by atoms with Gasteiger partial charge in [-0.3, -0.25) is 14.9 Å². The standard InChI is InChI=1S/C20H17N3O6/c1-27-17-9-14(10-18(11-17)28-2)20(24)22-21-12-16-7-8-19(29-16)13-3-5-15(6-4-13)23(25)26/h3-12H,1-2H3,(H,22,24)/b21-12-. The molecule has 0 saturated heterocycles. The number of rotatable bonds is 7. The van der Waals surface area contributed by atoms with Crippen molar-refractivity contribution in [2.24, 2.45) is 5.10 Å². The molecule has 0 aliphatic carbocycles. The summed E-state index contributed by atoms with van der Waals surface area (Å²) >= 11 is 0. The van der Waals surface area contributed by atoms with E-state index in [2.05, 4.69) is 10.5 Å². The number of nitrogens with one attached hydrogen (secondary N) is 1. The first kappa shape index (κ1) is 19.6. The highest BCUT2D eigenvalue weighted by molar-refractivity contribution is 5.95. The largest absolute Gasteiger partial charge is 0.497 e. The van der Waals surface area contributed by atoms with E-state index >= 15 is 0 Å². The van der Waals surface area contributed by atoms with Crippen molar-refractivity contribution in [1.82, 2.24) is 5.43 Å². The maximum atomic E-state index is 12.3. The van der Waals surface area contributed by atoms with Crippen LogP contribution in [0.15, 0.2) is 64.1 Å². The van der Waals surface area contributed by atoms with E-state index in [1.807, 2.05) is 0 Å². The first-order valence-electron chi connectivity index (χ1n) is 8.41. The third-order valence-electron chi connectivity index (χ3n) is 3.96. The highest BCUT2D eigenvalue weighted by atomic mass is 16.6. The Hall–Kier alpha value is -4.14. The van der Waals surface area contributed by atoms with E-state index in [1.165, 1.54) is 32.6 Å². The van der Waals surface area contributed by atoms with E-state index < -0.39 is 10.8 Å². The first-order chi connectivity index (χ1) is 14.0. The van der Waals surface area contributed by atoms with Gasteiger partial charge in [0.15, 0.2) is 0 Å². The summed E-state index contributed by atoms with van der Waals surface area (Å²) in [6, 6.07) is 14.1. The Morgan fingerprint density at radius 2 is 1.72 bits per heavy atom. The fourth-order valence-electron chi connectivity index (χ4n) is 2.48. The number of furan rings is 1. The lowest BCUT2D eigenvalue weighted by Crippen LogP contribution is -2.17. The average molecular weight is 395 g/mol. The Morgan fingerprint density at radius 3 is 2.31 bits per heavy atom. The van der Waals surface area contributed by atoms with E-state index in [9.17, 15) is 14.9 Å². The predicted molar refractivity (Wildman–Crippen MR) is 105 cm³/mol. The van der Waals surface area contributed by atoms with Crippen LogP contribution in [0.2, 0.25) is 0 Å². The number of methoxy groups -OCH3 is 2. The van der Waals surface area contributed by atoms with Gasteiger partial charge in [-0.1, -0.05) is 0 Å². The van der Waals surface area contributed by atoms with E-state index in [4.69, 9.17) is 13.9 Å². The van der Waals surface area contributed by atoms with Crippen LogP contribution >= 0.6 is 0 Å². The molecule has 0 fully saturated rings. The molecule has 0 spiro atoms. The third kappa shape index (κ3) is 4.78. The topological polar surface area (TPSA) is 116 Å². The lowest BCUT2D eigenvalue weighted by Gasteiger charge is -2.07. The Kier molecular flexibility index (Phi) is 5.88. The first-order valence-corrected chi connectivity index (χ1v) is 8.41. The van der Waals surface area contributed by atoms with Gasteiger partial charge in [0.1, 0.15) is 23.0 Å². The molecule has 0 aliphatic rings. The summed E-state index contributed by atoms with van der Waals surface area (Å²) in [5.41, 5.74) is 3.41. The van der Waals surface area contributed by atoms with E-state index in [1.54, 1.807) is 42.5 Å². The number of benzene rings is 2. The number of carbonyl (C=O) groups excluding carboxylic acids is 1. The molecular formula is C20H17N3O6. The quantitative estimate of drug-likeness (QED) is 0.371. The molecular weight excluding hydrogens is 378 g/mol. The van der Waals surface area contributed by atoms with Gasteiger partial charge in [0.25, 0.3) is 11.6 Å². The van der Waals surface area contributed by atoms with Gasteiger partial charge in [0.2, 0.25) is 0 Å². The fourth-order valence-corrected chi connectivity index (χ4v) is 2.48. The lowest BCUT2D eigenvalue weighted by atomic mass is 10.1. The molecule has 9 heteroatoms. The number of amides is 1. The summed E-state index contributed by atoms with van der Waals surface area (Å²) in [4.78, 5) is 22.5. The van der Waals surface area contributed by atoms with Gasteiger partial charge in [-0.2, -0.15) is 5.10 Å². The molecule has 2 aromatic carbocycles. The van der Waals surface area contributed by atoms with Gasteiger partial charge in [-0.15, -0.1) is 0 Å². The van der Waals surface area contributed by atoms with Crippen molar-refractivity contribution in [3.05, 3.63) is 76.0 Å². The molecule has 0 radical (unpaired) electrons. The summed E-state index contributed by atoms with van der Waals surface area (Å²) in [6.45, 7) is 0. The summed E-state index contributed by atoms with van der Waals surface area (Å²) in [7, 11) is 2.99. The average Bonchev–Trinajstić information content (AvgIpc) is 3.22. The number of ether oxygens (including phenoxy) is 2. The number of hydrogen-bond donors (Lipinski definition) is 1. The Bertz CT molecular complexity index is 1030. The van der Waals surface area contributed by atoms with Gasteiger partial charge in [-0.05, 0) is 36.4 Å². The molecule has 1 amide bonds. The van der Waals surface area contributed by atoms with E-state index in [0.717, 1.165) is 0 Å². The normalized spacial score (nSPS) is 10.7. The van der Waals surface area contributed by atoms with Crippen molar-refractivity contribution < 1.29 is 23.6 Å². The zero-order valence-electron chi connectivity index (χ0n) is 15.6. The molecule has 29 heavy (non-hydrogen) atoms. The number of non-ortho nitro benzene ring substituents is 1. The molecule has 0 aliphatic heterocycles. The minimum atomic E-state index is -0.468. The number of nitrogens with zero attached hydrogens (tertiary/aromatic N) is 2. The van der Waals surface area contributed by atoms with Crippen LogP contribution in [0.3, 0.4) is 0 Å². The fraction of sp³-hybridized carbons (Fsp3) is 0.100. The minimum absolute atomic E-state index is 0.000947. The van der Waals surface area contributed by atoms with E-state index in [-0.39, 0.29) is 5.69 Å². The van der Waals surface area contributed by atoms with Gasteiger partial charge >= 0.3 is 0 Å². The minimum Gasteiger partial charge on any atom is -0.497 e. The molecule has 3 aromatic rings. The zero-order chi connectivity index (χ0) is 20.8. The summed E-state index contributed by atoms with van der Waals surface area (Å²) in [5.74, 6) is 1.45. The second kappa shape index (κ2) is 8.70. The molecule has 0 bridgehead atoms. The molecule has 9 nitrogen and oxygen atoms in total. The van der Waals surface area contributed by atoms with Crippen LogP contribution in [-0.2, 0) is 0 Å². The van der Waals surface area contributed by atoms with Crippen molar-refractivity contribution >= 4 is 17.8 Å². The highest BCUT2D eigenvalue weighted by Gasteiger charge is 2.10. The number of carbonyl (C=O) groups is 1. The maximum Gasteiger partial charge on any atom is 0.271 e. The highest BCUT2D eigenvalue weighted by Crippen LogP contribution is 2.24. The van der Waals surface area contributed by atoms with E-state index in [0.29, 0.717) is 34.1 Å². The van der Waals surface area contributed by atoms with Crippen LogP contribution in [0.4, 0.5) is 5.69 Å². The molecule has 1 N–H and O–H groups in total. The summed E-state index contributed by atoms with van der Waals surface area (Å²) in [5, 5.41) is 14.6. The number of nitro benzene ring substituents is 1. The molecule has 1 heterocycles. The van der Waals surface area contributed by atoms with Gasteiger partial charge < -0.3 is 13.9 Å². The van der Waals surface area contributed by atoms with Crippen LogP contribution in [0.1, 0.15) is 16.1 Å². The SMILES string of the molecule is COc1cc(OC)cc(C(=O)N/N=C\c2ccc(-c3ccc([N+](=O)[O-])cc3)o2)c1. The third-order valence-corrected chi connectivity index (χ3v) is 3.96. The molecule has 0 atom stereocenters. The van der Waals surface area contributed by atoms with Gasteiger partial charge in [0.05, 0.1) is 25.4 Å². The molecule has 148 valence electrons. The van der Waals surface area contributed by atoms with Crippen LogP contribution < -0.4 is 14.9 Å². The summed E-state index contributed by atoms with van der Waals surface area (Å²) in [6.07, 6.45) is 1.35. The van der Waals surface area contributed by atoms with Crippen LogP contribution in [0.25, 0.3) is 11.3 Å². The monoisotopic (exact) mass is 395 g/mol. The van der Waals surface area contributed by atoms with Crippen molar-refractivity contribution in [3.63, 3.8) is 0 Å². The van der Waals surface area contributed by atoms with Crippen molar-refractivity contribution in [1.29, 1.82) is 0 Å². The van der Waals surface area contributed by atoms with Gasteiger partial charge in [0, 0.05) is 29.3 Å². The zero-order valence-corrected chi connectivity index (χ0v) is 15.6. The number of hydrogen-bond acceptors (Lipinski definition) is 7. The molecule has 0 unspecified atom stereocenters. The number of hydrazone groups is 1. The Morgan fingerprint density at radius 1 is 1.07 bits per heavy atom. The van der Waals surface area contributed by atoms with Crippen LogP contribution in [0.5, 0.6) is 11.5 Å². The van der Waals surface area contributed by atoms with Crippen LogP contribution in [0, 0.1) is 10.1 Å². The molecule has 1 aromatic heterocycles. The molecule has 0 saturated carbocycles. The second-order valence-electron chi connectivity index (χ2n) is 5.81. The summed E-state index contributed by atoms with van der Waals surface area (Å²) < 4.78 is 15.9. The second-order valence-corrected chi connectivity index (χ2v) is 5.81. The van der Waals surface area contributed by atoms with Crippen molar-refractivity contribution in [3.8, 4) is 22.8 Å². The Labute approximate surface area is 165 Å². The maximum absolute atomic E-state index is 12.3. The lowest BCUT2D eigenvalue weighted by molar-refractivity contribution is -0.384.